The van der Waals surface area contributed by atoms with Crippen LogP contribution in [0.1, 0.15) is 90.1 Å². The molecule has 9 aromatic rings. The number of benzene rings is 3. The Morgan fingerprint density at radius 3 is 1.29 bits per heavy atom. The molecule has 11 rings (SSSR count). The zero-order chi connectivity index (χ0) is 56.4. The highest BCUT2D eigenvalue weighted by Gasteiger charge is 2.53. The Kier molecular flexibility index (Phi) is 20.9. The summed E-state index contributed by atoms with van der Waals surface area (Å²) in [6.45, 7) is 16.8. The van der Waals surface area contributed by atoms with E-state index in [2.05, 4.69) is 46.5 Å². The molecule has 3 N–H and O–H groups in total. The number of furan rings is 3. The Hall–Kier alpha value is -7.95. The van der Waals surface area contributed by atoms with Crippen LogP contribution in [0.3, 0.4) is 0 Å². The van der Waals surface area contributed by atoms with E-state index in [-0.39, 0.29) is 33.2 Å². The summed E-state index contributed by atoms with van der Waals surface area (Å²) in [7, 11) is 0. The lowest BCUT2D eigenvalue weighted by Gasteiger charge is -2.15. The second-order valence-electron chi connectivity index (χ2n) is 17.2. The van der Waals surface area contributed by atoms with Crippen LogP contribution < -0.4 is 16.0 Å². The van der Waals surface area contributed by atoms with E-state index in [9.17, 15) is 19.2 Å². The van der Waals surface area contributed by atoms with Crippen molar-refractivity contribution >= 4 is 76.0 Å². The van der Waals surface area contributed by atoms with Gasteiger partial charge in [-0.15, -0.1) is 30.6 Å². The van der Waals surface area contributed by atoms with E-state index in [1.807, 2.05) is 161 Å². The summed E-state index contributed by atoms with van der Waals surface area (Å²) in [6.07, 6.45) is 12.7. The van der Waals surface area contributed by atoms with Gasteiger partial charge in [-0.2, -0.15) is 0 Å². The maximum Gasteiger partial charge on any atom is 0.241 e. The van der Waals surface area contributed by atoms with E-state index in [4.69, 9.17) is 13.3 Å². The summed E-state index contributed by atoms with van der Waals surface area (Å²) >= 11 is 4.17. The van der Waals surface area contributed by atoms with Gasteiger partial charge in [-0.25, -0.2) is 4.57 Å². The molecule has 2 aliphatic carbocycles. The molecule has 0 aliphatic heterocycles. The summed E-state index contributed by atoms with van der Waals surface area (Å²) in [6, 6.07) is 33.7. The van der Waals surface area contributed by atoms with Crippen LogP contribution in [0.25, 0.3) is 34.2 Å². The molecule has 418 valence electrons. The summed E-state index contributed by atoms with van der Waals surface area (Å²) in [4.78, 5) is 50.0. The SMILES string of the molecule is CC.CC.CC(=O)n1c(SC2(C(=O)Nc3ccccc3)CC2)nnc1-c1ccoc1.CCn1c(SC(C)C(=O)Nc2ccccc2)nnc1-c1ccoc1.CCn1c(SC2(C(=O)Nc3ccccc3)CC2)nnc1-c1ccoc1.[HH].[HH].[HH]. The first-order chi connectivity index (χ1) is 38.5. The Balaban J connectivity index is 0.000000252. The number of carbonyl (C=O) groups is 4. The first-order valence-corrected chi connectivity index (χ1v) is 28.5. The van der Waals surface area contributed by atoms with Gasteiger partial charge in [0.05, 0.1) is 40.7 Å². The van der Waals surface area contributed by atoms with Crippen molar-refractivity contribution in [2.75, 3.05) is 16.0 Å². The Bertz CT molecular complexity index is 3340. The first-order valence-electron chi connectivity index (χ1n) is 26.0. The van der Waals surface area contributed by atoms with Gasteiger partial charge in [0, 0.05) is 41.4 Å². The van der Waals surface area contributed by atoms with Crippen LogP contribution in [0.2, 0.25) is 0 Å². The van der Waals surface area contributed by atoms with Gasteiger partial charge >= 0.3 is 0 Å². The quantitative estimate of drug-likeness (QED) is 0.0719. The fraction of sp³-hybridized carbons (Fsp3) is 0.298. The van der Waals surface area contributed by atoms with Crippen molar-refractivity contribution in [2.45, 2.75) is 124 Å². The third kappa shape index (κ3) is 14.8. The number of hydrogen-bond donors (Lipinski definition) is 3. The molecule has 79 heavy (non-hydrogen) atoms. The number of amides is 3. The smallest absolute Gasteiger partial charge is 0.241 e. The van der Waals surface area contributed by atoms with Crippen molar-refractivity contribution in [1.29, 1.82) is 0 Å². The first kappa shape index (κ1) is 58.7. The fourth-order valence-corrected chi connectivity index (χ4v) is 10.9. The standard InChI is InChI=1S/C18H16N4O3S.C18H18N4O2S.C17H18N4O2S.2C2H6.3H2/c1-12(23)22-15(13-7-10-25-11-13)20-21-17(22)26-18(8-9-18)16(24)19-14-5-3-2-4-6-14;1-2-22-15(13-8-11-24-12-13)20-21-17(22)25-18(9-10-18)16(23)19-14-6-4-3-5-7-14;1-3-21-15(13-9-10-23-11-13)19-20-17(21)24-12(2)16(22)18-14-7-5-4-6-8-14;2*1-2;;;/h2-7,10-11H,8-9H2,1H3,(H,19,24);3-8,11-12H,2,9-10H2,1H3,(H,19,23);4-12H,3H2,1-2H3,(H,18,22);2*1-2H3;3*1H. The summed E-state index contributed by atoms with van der Waals surface area (Å²) in [5.41, 5.74) is 4.77. The molecule has 0 saturated heterocycles. The molecule has 0 bridgehead atoms. The number of anilines is 3. The highest BCUT2D eigenvalue weighted by atomic mass is 32.2. The lowest BCUT2D eigenvalue weighted by molar-refractivity contribution is -0.117. The summed E-state index contributed by atoms with van der Waals surface area (Å²) < 4.78 is 19.7. The molecule has 19 nitrogen and oxygen atoms in total. The second kappa shape index (κ2) is 28.1. The largest absolute Gasteiger partial charge is 0.472 e. The van der Waals surface area contributed by atoms with Crippen LogP contribution in [0.4, 0.5) is 17.1 Å². The molecule has 2 fully saturated rings. The predicted octanol–water partition coefficient (Wildman–Crippen LogP) is 13.8. The minimum atomic E-state index is -0.621. The van der Waals surface area contributed by atoms with Gasteiger partial charge in [-0.3, -0.25) is 19.2 Å². The van der Waals surface area contributed by atoms with Gasteiger partial charge < -0.3 is 38.3 Å². The highest BCUT2D eigenvalue weighted by molar-refractivity contribution is 8.02. The average Bonchev–Trinajstić information content (AvgIpc) is 4.03. The van der Waals surface area contributed by atoms with Crippen LogP contribution in [0.15, 0.2) is 175 Å². The average molecular weight is 1130 g/mol. The molecule has 6 heterocycles. The van der Waals surface area contributed by atoms with Gasteiger partial charge in [0.25, 0.3) is 0 Å². The molecule has 3 amide bonds. The minimum absolute atomic E-state index is 0. The number of para-hydroxylation sites is 3. The number of nitrogens with one attached hydrogen (secondary N) is 3. The minimum Gasteiger partial charge on any atom is -0.472 e. The zero-order valence-corrected chi connectivity index (χ0v) is 47.7. The molecule has 0 radical (unpaired) electrons. The van der Waals surface area contributed by atoms with Crippen LogP contribution in [-0.4, -0.2) is 82.7 Å². The molecule has 0 spiro atoms. The number of thioether (sulfide) groups is 3. The van der Waals surface area contributed by atoms with Crippen molar-refractivity contribution in [3.05, 3.63) is 147 Å². The number of carbonyl (C=O) groups excluding carboxylic acids is 4. The Labute approximate surface area is 476 Å². The Morgan fingerprint density at radius 2 is 0.899 bits per heavy atom. The fourth-order valence-electron chi connectivity index (χ4n) is 7.56. The third-order valence-corrected chi connectivity index (χ3v) is 15.9. The molecule has 1 unspecified atom stereocenters. The van der Waals surface area contributed by atoms with Gasteiger partial charge in [0.2, 0.25) is 23.6 Å². The summed E-state index contributed by atoms with van der Waals surface area (Å²) in [5.74, 6) is 1.57. The van der Waals surface area contributed by atoms with Crippen molar-refractivity contribution < 1.29 is 36.7 Å². The molecular weight excluding hydrogens is 1060 g/mol. The van der Waals surface area contributed by atoms with E-state index in [0.29, 0.717) is 28.2 Å². The molecule has 2 saturated carbocycles. The maximum absolute atomic E-state index is 12.7. The van der Waals surface area contributed by atoms with Crippen LogP contribution in [0.5, 0.6) is 0 Å². The predicted molar refractivity (Wildman–Crippen MR) is 316 cm³/mol. The van der Waals surface area contributed by atoms with E-state index >= 15 is 0 Å². The molecule has 1 atom stereocenters. The highest BCUT2D eigenvalue weighted by Crippen LogP contribution is 2.53. The second-order valence-corrected chi connectivity index (χ2v) is 21.3. The molecular formula is C57H70N12O7S3. The van der Waals surface area contributed by atoms with Gasteiger partial charge in [-0.05, 0) is 101 Å². The molecule has 6 aromatic heterocycles. The van der Waals surface area contributed by atoms with Crippen molar-refractivity contribution in [3.63, 3.8) is 0 Å². The number of hydrogen-bond acceptors (Lipinski definition) is 16. The number of aromatic nitrogens is 9. The van der Waals surface area contributed by atoms with Crippen molar-refractivity contribution in [1.82, 2.24) is 44.3 Å². The van der Waals surface area contributed by atoms with Crippen molar-refractivity contribution in [3.8, 4) is 34.2 Å². The third-order valence-electron chi connectivity index (χ3n) is 11.9. The van der Waals surface area contributed by atoms with Crippen LogP contribution in [0, 0.1) is 0 Å². The zero-order valence-electron chi connectivity index (χ0n) is 45.3. The lowest BCUT2D eigenvalue weighted by atomic mass is 10.3. The number of rotatable bonds is 17. The van der Waals surface area contributed by atoms with E-state index < -0.39 is 9.49 Å². The molecule has 2 aliphatic rings. The topological polar surface area (TPSA) is 236 Å². The van der Waals surface area contributed by atoms with E-state index in [0.717, 1.165) is 77.2 Å². The van der Waals surface area contributed by atoms with Crippen LogP contribution in [-0.2, 0) is 27.5 Å². The van der Waals surface area contributed by atoms with Gasteiger partial charge in [0.1, 0.15) is 28.3 Å². The van der Waals surface area contributed by atoms with E-state index in [1.165, 1.54) is 59.3 Å². The van der Waals surface area contributed by atoms with E-state index in [1.54, 1.807) is 31.1 Å². The Morgan fingerprint density at radius 1 is 0.532 bits per heavy atom. The maximum atomic E-state index is 12.7. The van der Waals surface area contributed by atoms with Gasteiger partial charge in [-0.1, -0.05) is 118 Å². The normalized spacial score (nSPS) is 13.5. The van der Waals surface area contributed by atoms with Crippen molar-refractivity contribution in [2.24, 2.45) is 0 Å². The molecule has 22 heteroatoms. The van der Waals surface area contributed by atoms with Crippen LogP contribution >= 0.6 is 35.3 Å². The number of nitrogens with zero attached hydrogens (tertiary/aromatic N) is 9. The molecule has 3 aromatic carbocycles. The lowest BCUT2D eigenvalue weighted by Crippen LogP contribution is -2.27. The van der Waals surface area contributed by atoms with Gasteiger partial charge in [0.15, 0.2) is 32.9 Å². The monoisotopic (exact) mass is 1130 g/mol. The summed E-state index contributed by atoms with van der Waals surface area (Å²) in [5, 5.41) is 35.7.